The molecule has 3 aliphatic carbocycles. The van der Waals surface area contributed by atoms with Gasteiger partial charge in [-0.15, -0.1) is 5.10 Å². The number of halogens is 2. The van der Waals surface area contributed by atoms with Crippen LogP contribution < -0.4 is 5.32 Å². The third-order valence-electron chi connectivity index (χ3n) is 7.50. The molecule has 4 aliphatic rings. The summed E-state index contributed by atoms with van der Waals surface area (Å²) in [5.41, 5.74) is 0.373. The van der Waals surface area contributed by atoms with Gasteiger partial charge in [-0.05, 0) is 31.1 Å². The van der Waals surface area contributed by atoms with E-state index >= 15 is 0 Å². The van der Waals surface area contributed by atoms with Crippen molar-refractivity contribution in [3.05, 3.63) is 11.9 Å². The Labute approximate surface area is 185 Å². The zero-order valence-corrected chi connectivity index (χ0v) is 18.7. The molecule has 10 heteroatoms. The average Bonchev–Trinajstić information content (AvgIpc) is 3.33. The number of nitrogens with one attached hydrogen (secondary N) is 1. The van der Waals surface area contributed by atoms with Crippen LogP contribution in [0.2, 0.25) is 0 Å². The lowest BCUT2D eigenvalue weighted by Crippen LogP contribution is -2.52. The summed E-state index contributed by atoms with van der Waals surface area (Å²) in [5, 5.41) is 21.6. The Balaban J connectivity index is 1.31. The van der Waals surface area contributed by atoms with Crippen molar-refractivity contribution in [2.45, 2.75) is 88.9 Å². The van der Waals surface area contributed by atoms with E-state index in [1.807, 2.05) is 27.0 Å². The van der Waals surface area contributed by atoms with Crippen LogP contribution in [-0.2, 0) is 9.59 Å². The molecule has 5 atom stereocenters. The molecular weight excluding hydrogens is 420 g/mol. The van der Waals surface area contributed by atoms with Gasteiger partial charge in [0.05, 0.1) is 11.8 Å². The van der Waals surface area contributed by atoms with E-state index in [0.29, 0.717) is 5.92 Å². The van der Waals surface area contributed by atoms with Crippen molar-refractivity contribution in [1.82, 2.24) is 25.2 Å². The lowest BCUT2D eigenvalue weighted by atomic mass is 9.85. The van der Waals surface area contributed by atoms with Crippen molar-refractivity contribution in [2.75, 3.05) is 6.54 Å². The van der Waals surface area contributed by atoms with Crippen LogP contribution in [0.5, 0.6) is 0 Å². The SMILES string of the molecule is CC(C)(C)[C@@H](C(=O)N1C[C@H](O)C[C@H]1C(=O)NC1CC2C(C1)C2(F)F)n1cc(C2CC2)nn1. The quantitative estimate of drug-likeness (QED) is 0.712. The van der Waals surface area contributed by atoms with E-state index in [1.54, 1.807) is 4.68 Å². The number of likely N-dealkylation sites (tertiary alicyclic amines) is 1. The zero-order valence-electron chi connectivity index (χ0n) is 18.7. The highest BCUT2D eigenvalue weighted by Gasteiger charge is 2.71. The standard InChI is InChI=1S/C22H31F2N5O3/c1-21(2,3)18(29-10-16(26-27-29)11-4-5-11)20(32)28-9-13(30)8-17(28)19(31)25-12-6-14-15(7-12)22(14,23)24/h10-15,17-18,30H,4-9H2,1-3H3,(H,25,31)/t12?,13-,14?,15?,17+,18-/m1/s1. The molecule has 3 saturated carbocycles. The number of carbonyl (C=O) groups excluding carboxylic acids is 2. The van der Waals surface area contributed by atoms with Crippen molar-refractivity contribution in [2.24, 2.45) is 17.3 Å². The highest BCUT2D eigenvalue weighted by Crippen LogP contribution is 2.64. The number of hydrogen-bond acceptors (Lipinski definition) is 5. The van der Waals surface area contributed by atoms with Gasteiger partial charge in [0.15, 0.2) is 0 Å². The number of amides is 2. The molecule has 1 aliphatic heterocycles. The van der Waals surface area contributed by atoms with Crippen LogP contribution in [0, 0.1) is 17.3 Å². The summed E-state index contributed by atoms with van der Waals surface area (Å²) < 4.78 is 28.5. The molecule has 0 spiro atoms. The van der Waals surface area contributed by atoms with Gasteiger partial charge in [0.1, 0.15) is 12.1 Å². The molecule has 2 N–H and O–H groups in total. The molecular formula is C22H31F2N5O3. The van der Waals surface area contributed by atoms with Gasteiger partial charge < -0.3 is 15.3 Å². The average molecular weight is 452 g/mol. The molecule has 176 valence electrons. The van der Waals surface area contributed by atoms with Crippen LogP contribution in [0.25, 0.3) is 0 Å². The predicted octanol–water partition coefficient (Wildman–Crippen LogP) is 1.86. The van der Waals surface area contributed by atoms with Gasteiger partial charge in [0.25, 0.3) is 5.92 Å². The maximum atomic E-state index is 13.7. The van der Waals surface area contributed by atoms with Crippen molar-refractivity contribution in [3.8, 4) is 0 Å². The van der Waals surface area contributed by atoms with Crippen molar-refractivity contribution in [1.29, 1.82) is 0 Å². The Morgan fingerprint density at radius 3 is 2.47 bits per heavy atom. The van der Waals surface area contributed by atoms with Crippen LogP contribution in [-0.4, -0.2) is 67.5 Å². The first-order chi connectivity index (χ1) is 15.0. The fraction of sp³-hybridized carbons (Fsp3) is 0.818. The number of aliphatic hydroxyl groups excluding tert-OH is 1. The van der Waals surface area contributed by atoms with Gasteiger partial charge in [-0.3, -0.25) is 9.59 Å². The van der Waals surface area contributed by atoms with E-state index < -0.39 is 41.4 Å². The van der Waals surface area contributed by atoms with Crippen LogP contribution in [0.1, 0.15) is 70.5 Å². The maximum absolute atomic E-state index is 13.7. The molecule has 1 aromatic rings. The third-order valence-corrected chi connectivity index (χ3v) is 7.50. The Morgan fingerprint density at radius 2 is 1.88 bits per heavy atom. The first-order valence-electron chi connectivity index (χ1n) is 11.5. The number of hydrogen-bond donors (Lipinski definition) is 2. The normalized spacial score (nSPS) is 34.3. The number of nitrogens with zero attached hydrogens (tertiary/aromatic N) is 4. The van der Waals surface area contributed by atoms with E-state index in [-0.39, 0.29) is 43.7 Å². The summed E-state index contributed by atoms with van der Waals surface area (Å²) in [5.74, 6) is -4.15. The van der Waals surface area contributed by atoms with Crippen molar-refractivity contribution in [3.63, 3.8) is 0 Å². The zero-order chi connectivity index (χ0) is 23.0. The molecule has 0 aromatic carbocycles. The Kier molecular flexibility index (Phi) is 4.89. The monoisotopic (exact) mass is 451 g/mol. The second-order valence-electron chi connectivity index (χ2n) is 11.1. The van der Waals surface area contributed by atoms with Crippen LogP contribution in [0.15, 0.2) is 6.20 Å². The molecule has 8 nitrogen and oxygen atoms in total. The molecule has 2 amide bonds. The number of aromatic nitrogens is 3. The van der Waals surface area contributed by atoms with Gasteiger partial charge in [-0.2, -0.15) is 0 Å². The van der Waals surface area contributed by atoms with Crippen molar-refractivity contribution < 1.29 is 23.5 Å². The van der Waals surface area contributed by atoms with Crippen LogP contribution in [0.3, 0.4) is 0 Å². The van der Waals surface area contributed by atoms with Gasteiger partial charge in [-0.1, -0.05) is 26.0 Å². The lowest BCUT2D eigenvalue weighted by Gasteiger charge is -2.35. The summed E-state index contributed by atoms with van der Waals surface area (Å²) in [4.78, 5) is 28.1. The van der Waals surface area contributed by atoms with Crippen LogP contribution >= 0.6 is 0 Å². The van der Waals surface area contributed by atoms with Crippen LogP contribution in [0.4, 0.5) is 8.78 Å². The van der Waals surface area contributed by atoms with E-state index in [0.717, 1.165) is 18.5 Å². The first kappa shape index (κ1) is 21.7. The minimum atomic E-state index is -2.59. The van der Waals surface area contributed by atoms with Gasteiger partial charge in [-0.25, -0.2) is 13.5 Å². The van der Waals surface area contributed by atoms with E-state index in [4.69, 9.17) is 0 Å². The van der Waals surface area contributed by atoms with Crippen molar-refractivity contribution >= 4 is 11.8 Å². The summed E-state index contributed by atoms with van der Waals surface area (Å²) in [7, 11) is 0. The number of rotatable bonds is 5. The molecule has 5 rings (SSSR count). The fourth-order valence-corrected chi connectivity index (χ4v) is 5.55. The third kappa shape index (κ3) is 3.70. The minimum Gasteiger partial charge on any atom is -0.391 e. The summed E-state index contributed by atoms with van der Waals surface area (Å²) in [6.45, 7) is 5.85. The Morgan fingerprint density at radius 1 is 1.22 bits per heavy atom. The molecule has 4 fully saturated rings. The summed E-state index contributed by atoms with van der Waals surface area (Å²) in [6, 6.07) is -1.81. The summed E-state index contributed by atoms with van der Waals surface area (Å²) >= 11 is 0. The minimum absolute atomic E-state index is 0.0572. The largest absolute Gasteiger partial charge is 0.391 e. The highest BCUT2D eigenvalue weighted by atomic mass is 19.3. The van der Waals surface area contributed by atoms with Gasteiger partial charge in [0.2, 0.25) is 11.8 Å². The number of aliphatic hydroxyl groups is 1. The number of β-amino-alcohol motifs (C(OH)–C–C–N with tert-alkyl or cyclic N) is 1. The topological polar surface area (TPSA) is 100 Å². The second-order valence-corrected chi connectivity index (χ2v) is 11.1. The van der Waals surface area contributed by atoms with E-state index in [1.165, 1.54) is 4.90 Å². The molecule has 32 heavy (non-hydrogen) atoms. The Bertz CT molecular complexity index is 911. The van der Waals surface area contributed by atoms with Gasteiger partial charge >= 0.3 is 0 Å². The van der Waals surface area contributed by atoms with Gasteiger partial charge in [0, 0.05) is 43.0 Å². The first-order valence-corrected chi connectivity index (χ1v) is 11.5. The molecule has 0 radical (unpaired) electrons. The van der Waals surface area contributed by atoms with E-state index in [2.05, 4.69) is 15.6 Å². The Hall–Kier alpha value is -2.10. The number of fused-ring (bicyclic) bond motifs is 1. The second kappa shape index (κ2) is 7.20. The predicted molar refractivity (Wildman–Crippen MR) is 110 cm³/mol. The lowest BCUT2D eigenvalue weighted by molar-refractivity contribution is -0.144. The number of alkyl halides is 2. The molecule has 0 bridgehead atoms. The fourth-order valence-electron chi connectivity index (χ4n) is 5.55. The summed E-state index contributed by atoms with van der Waals surface area (Å²) in [6.07, 6.45) is 3.81. The molecule has 2 unspecified atom stereocenters. The molecule has 1 aromatic heterocycles. The number of carbonyl (C=O) groups is 2. The van der Waals surface area contributed by atoms with E-state index in [9.17, 15) is 23.5 Å². The molecule has 2 heterocycles. The maximum Gasteiger partial charge on any atom is 0.254 e. The highest BCUT2D eigenvalue weighted by molar-refractivity contribution is 5.90. The smallest absolute Gasteiger partial charge is 0.254 e. The molecule has 1 saturated heterocycles.